The van der Waals surface area contributed by atoms with Crippen molar-refractivity contribution in [1.82, 2.24) is 15.1 Å². The molecule has 1 N–H and O–H groups in total. The average molecular weight is 316 g/mol. The molecular weight excluding hydrogens is 278 g/mol. The molecule has 132 valence electrons. The topological polar surface area (TPSA) is 37.0 Å². The van der Waals surface area contributed by atoms with Crippen LogP contribution in [0.3, 0.4) is 0 Å². The van der Waals surface area contributed by atoms with E-state index in [1.807, 2.05) is 0 Å². The van der Waals surface area contributed by atoms with E-state index in [0.717, 1.165) is 72.2 Å². The number of piperazine rings is 1. The maximum atomic E-state index is 5.62. The summed E-state index contributed by atoms with van der Waals surface area (Å²) in [5.41, 5.74) is 0. The highest BCUT2D eigenvalue weighted by Gasteiger charge is 2.16. The molecule has 0 aromatic carbocycles. The second-order valence-electron chi connectivity index (χ2n) is 5.57. The van der Waals surface area contributed by atoms with E-state index < -0.39 is 0 Å². The van der Waals surface area contributed by atoms with Gasteiger partial charge >= 0.3 is 0 Å². The van der Waals surface area contributed by atoms with Gasteiger partial charge in [0.1, 0.15) is 0 Å². The second kappa shape index (κ2) is 15.4. The highest BCUT2D eigenvalue weighted by Crippen LogP contribution is 2.01. The maximum absolute atomic E-state index is 5.62. The molecule has 1 rings (SSSR count). The summed E-state index contributed by atoms with van der Waals surface area (Å²) in [5.74, 6) is 0. The Bertz CT molecular complexity index is 232. The molecular formula is C17H37N3O2. The van der Waals surface area contributed by atoms with E-state index in [9.17, 15) is 0 Å². The minimum atomic E-state index is 0.343. The molecule has 1 heterocycles. The minimum absolute atomic E-state index is 0.343. The van der Waals surface area contributed by atoms with Gasteiger partial charge in [0.15, 0.2) is 0 Å². The van der Waals surface area contributed by atoms with Gasteiger partial charge in [0.2, 0.25) is 0 Å². The van der Waals surface area contributed by atoms with Gasteiger partial charge in [-0.2, -0.15) is 0 Å². The maximum Gasteiger partial charge on any atom is 0.0596 e. The molecule has 5 nitrogen and oxygen atoms in total. The smallest absolute Gasteiger partial charge is 0.0596 e. The van der Waals surface area contributed by atoms with Crippen LogP contribution in [-0.4, -0.2) is 88.1 Å². The van der Waals surface area contributed by atoms with Gasteiger partial charge in [-0.1, -0.05) is 6.92 Å². The van der Waals surface area contributed by atoms with Gasteiger partial charge in [-0.25, -0.2) is 0 Å². The van der Waals surface area contributed by atoms with Crippen molar-refractivity contribution < 1.29 is 9.47 Å². The summed E-state index contributed by atoms with van der Waals surface area (Å²) in [6.45, 7) is 23.5. The lowest BCUT2D eigenvalue weighted by Crippen LogP contribution is -2.48. The Hall–Kier alpha value is -0.460. The number of ether oxygens (including phenoxy) is 2. The monoisotopic (exact) mass is 315 g/mol. The molecule has 0 bridgehead atoms. The zero-order valence-corrected chi connectivity index (χ0v) is 15.0. The van der Waals surface area contributed by atoms with Crippen LogP contribution in [0, 0.1) is 0 Å². The summed E-state index contributed by atoms with van der Waals surface area (Å²) < 4.78 is 11.2. The Morgan fingerprint density at radius 1 is 0.955 bits per heavy atom. The molecule has 0 aromatic rings. The van der Waals surface area contributed by atoms with Crippen molar-refractivity contribution in [3.8, 4) is 0 Å². The molecule has 0 amide bonds. The van der Waals surface area contributed by atoms with Crippen LogP contribution in [-0.2, 0) is 9.47 Å². The van der Waals surface area contributed by atoms with Crippen molar-refractivity contribution >= 4 is 0 Å². The Kier molecular flexibility index (Phi) is 15.1. The fourth-order valence-electron chi connectivity index (χ4n) is 2.27. The van der Waals surface area contributed by atoms with Crippen LogP contribution in [0.25, 0.3) is 0 Å². The number of hydrogen-bond acceptors (Lipinski definition) is 5. The summed E-state index contributed by atoms with van der Waals surface area (Å²) in [5, 5.41) is 3.26. The SMILES string of the molecule is C=C.CCNCCOCCN1CCN(CCOC(C)C)CC1. The van der Waals surface area contributed by atoms with Crippen molar-refractivity contribution in [2.75, 3.05) is 72.2 Å². The van der Waals surface area contributed by atoms with Crippen LogP contribution in [0.2, 0.25) is 0 Å². The highest BCUT2D eigenvalue weighted by molar-refractivity contribution is 4.71. The summed E-state index contributed by atoms with van der Waals surface area (Å²) >= 11 is 0. The van der Waals surface area contributed by atoms with E-state index in [2.05, 4.69) is 49.0 Å². The van der Waals surface area contributed by atoms with E-state index in [-0.39, 0.29) is 0 Å². The zero-order valence-electron chi connectivity index (χ0n) is 15.0. The number of likely N-dealkylation sites (N-methyl/N-ethyl adjacent to an activating group) is 1. The number of rotatable bonds is 11. The van der Waals surface area contributed by atoms with Crippen molar-refractivity contribution in [3.63, 3.8) is 0 Å². The molecule has 0 aliphatic carbocycles. The fourth-order valence-corrected chi connectivity index (χ4v) is 2.27. The van der Waals surface area contributed by atoms with Crippen LogP contribution in [0.4, 0.5) is 0 Å². The second-order valence-corrected chi connectivity index (χ2v) is 5.57. The first-order valence-electron chi connectivity index (χ1n) is 8.57. The van der Waals surface area contributed by atoms with Crippen molar-refractivity contribution in [2.45, 2.75) is 26.9 Å². The van der Waals surface area contributed by atoms with Crippen LogP contribution >= 0.6 is 0 Å². The molecule has 1 aliphatic heterocycles. The van der Waals surface area contributed by atoms with Crippen LogP contribution in [0.5, 0.6) is 0 Å². The third-order valence-corrected chi connectivity index (χ3v) is 3.55. The summed E-state index contributed by atoms with van der Waals surface area (Å²) in [6.07, 6.45) is 0.343. The predicted molar refractivity (Wildman–Crippen MR) is 94.6 cm³/mol. The van der Waals surface area contributed by atoms with E-state index in [1.165, 1.54) is 0 Å². The molecule has 5 heteroatoms. The first kappa shape index (κ1) is 21.5. The first-order valence-corrected chi connectivity index (χ1v) is 8.57. The minimum Gasteiger partial charge on any atom is -0.379 e. The normalized spacial score (nSPS) is 16.5. The molecule has 0 radical (unpaired) electrons. The van der Waals surface area contributed by atoms with E-state index in [1.54, 1.807) is 0 Å². The molecule has 1 aliphatic rings. The molecule has 0 saturated carbocycles. The Labute approximate surface area is 137 Å². The Balaban J connectivity index is 0.00000211. The Morgan fingerprint density at radius 3 is 2.00 bits per heavy atom. The molecule has 0 aromatic heterocycles. The molecule has 1 saturated heterocycles. The molecule has 1 fully saturated rings. The van der Waals surface area contributed by atoms with Gasteiger partial charge in [0.05, 0.1) is 25.9 Å². The standard InChI is InChI=1S/C15H33N3O2.C2H4/c1-4-16-5-12-19-13-10-17-6-8-18(9-7-17)11-14-20-15(2)3;1-2/h15-16H,4-14H2,1-3H3;1-2H2. The lowest BCUT2D eigenvalue weighted by atomic mass is 10.3. The first-order chi connectivity index (χ1) is 10.7. The van der Waals surface area contributed by atoms with Crippen molar-refractivity contribution in [1.29, 1.82) is 0 Å². The van der Waals surface area contributed by atoms with Gasteiger partial charge in [-0.15, -0.1) is 13.2 Å². The summed E-state index contributed by atoms with van der Waals surface area (Å²) in [7, 11) is 0. The largest absolute Gasteiger partial charge is 0.379 e. The third-order valence-electron chi connectivity index (χ3n) is 3.55. The van der Waals surface area contributed by atoms with Gasteiger partial charge in [0.25, 0.3) is 0 Å². The van der Waals surface area contributed by atoms with Crippen LogP contribution in [0.15, 0.2) is 13.2 Å². The predicted octanol–water partition coefficient (Wildman–Crippen LogP) is 1.46. The molecule has 0 unspecified atom stereocenters. The van der Waals surface area contributed by atoms with E-state index >= 15 is 0 Å². The molecule has 0 spiro atoms. The summed E-state index contributed by atoms with van der Waals surface area (Å²) in [6, 6.07) is 0. The number of nitrogens with zero attached hydrogens (tertiary/aromatic N) is 2. The molecule has 0 atom stereocenters. The summed E-state index contributed by atoms with van der Waals surface area (Å²) in [4.78, 5) is 4.98. The Morgan fingerprint density at radius 2 is 1.50 bits per heavy atom. The quantitative estimate of drug-likeness (QED) is 0.461. The van der Waals surface area contributed by atoms with E-state index in [0.29, 0.717) is 6.10 Å². The third kappa shape index (κ3) is 12.1. The van der Waals surface area contributed by atoms with Gasteiger partial charge in [-0.05, 0) is 20.4 Å². The van der Waals surface area contributed by atoms with Crippen molar-refractivity contribution in [2.24, 2.45) is 0 Å². The number of nitrogens with one attached hydrogen (secondary N) is 1. The number of hydrogen-bond donors (Lipinski definition) is 1. The van der Waals surface area contributed by atoms with Crippen LogP contribution in [0.1, 0.15) is 20.8 Å². The average Bonchev–Trinajstić information content (AvgIpc) is 2.54. The van der Waals surface area contributed by atoms with Gasteiger partial charge in [0, 0.05) is 45.8 Å². The van der Waals surface area contributed by atoms with Gasteiger partial charge < -0.3 is 14.8 Å². The highest BCUT2D eigenvalue weighted by atomic mass is 16.5. The lowest BCUT2D eigenvalue weighted by Gasteiger charge is -2.34. The van der Waals surface area contributed by atoms with Gasteiger partial charge in [-0.3, -0.25) is 9.80 Å². The van der Waals surface area contributed by atoms with Crippen molar-refractivity contribution in [3.05, 3.63) is 13.2 Å². The molecule has 22 heavy (non-hydrogen) atoms. The lowest BCUT2D eigenvalue weighted by molar-refractivity contribution is 0.0378. The van der Waals surface area contributed by atoms with E-state index in [4.69, 9.17) is 9.47 Å². The van der Waals surface area contributed by atoms with Crippen LogP contribution < -0.4 is 5.32 Å². The zero-order chi connectivity index (χ0) is 16.6. The fraction of sp³-hybridized carbons (Fsp3) is 0.882.